The summed E-state index contributed by atoms with van der Waals surface area (Å²) in [7, 11) is 0. The maximum absolute atomic E-state index is 11.5. The third-order valence-corrected chi connectivity index (χ3v) is 1.79. The lowest BCUT2D eigenvalue weighted by Crippen LogP contribution is -2.28. The van der Waals surface area contributed by atoms with E-state index in [0.29, 0.717) is 18.0 Å². The molecule has 4 heteroatoms. The summed E-state index contributed by atoms with van der Waals surface area (Å²) in [4.78, 5) is 15.4. The lowest BCUT2D eigenvalue weighted by Gasteiger charge is -2.06. The normalized spacial score (nSPS) is 9.73. The Morgan fingerprint density at radius 1 is 1.67 bits per heavy atom. The number of hydrogen-bond donors (Lipinski definition) is 1. The highest BCUT2D eigenvalue weighted by atomic mass is 16.1. The minimum Gasteiger partial charge on any atom is -0.350 e. The van der Waals surface area contributed by atoms with Crippen molar-refractivity contribution in [3.05, 3.63) is 29.6 Å². The summed E-state index contributed by atoms with van der Waals surface area (Å²) >= 11 is 0. The highest BCUT2D eigenvalue weighted by Crippen LogP contribution is 2.00. The van der Waals surface area contributed by atoms with Crippen LogP contribution >= 0.6 is 0 Å². The van der Waals surface area contributed by atoms with Gasteiger partial charge in [-0.3, -0.25) is 9.78 Å². The Balaban J connectivity index is 2.70. The van der Waals surface area contributed by atoms with E-state index in [1.807, 2.05) is 19.9 Å². The maximum Gasteiger partial charge on any atom is 0.269 e. The smallest absolute Gasteiger partial charge is 0.269 e. The first kappa shape index (κ1) is 11.2. The molecule has 0 aliphatic carbocycles. The topological polar surface area (TPSA) is 65.8 Å². The third kappa shape index (κ3) is 3.39. The van der Waals surface area contributed by atoms with Gasteiger partial charge in [0.2, 0.25) is 0 Å². The van der Waals surface area contributed by atoms with Crippen molar-refractivity contribution in [2.24, 2.45) is 5.92 Å². The fraction of sp³-hybridized carbons (Fsp3) is 0.364. The highest BCUT2D eigenvalue weighted by molar-refractivity contribution is 5.92. The van der Waals surface area contributed by atoms with Crippen LogP contribution in [0.2, 0.25) is 0 Å². The second-order valence-electron chi connectivity index (χ2n) is 3.65. The van der Waals surface area contributed by atoms with E-state index < -0.39 is 0 Å². The Bertz CT molecular complexity index is 393. The quantitative estimate of drug-likeness (QED) is 0.806. The molecule has 0 radical (unpaired) electrons. The van der Waals surface area contributed by atoms with Gasteiger partial charge in [0.15, 0.2) is 0 Å². The Hall–Kier alpha value is -1.89. The summed E-state index contributed by atoms with van der Waals surface area (Å²) < 4.78 is 0. The van der Waals surface area contributed by atoms with Crippen molar-refractivity contribution in [1.82, 2.24) is 10.3 Å². The minimum atomic E-state index is -0.235. The van der Waals surface area contributed by atoms with Gasteiger partial charge in [0.1, 0.15) is 5.69 Å². The lowest BCUT2D eigenvalue weighted by molar-refractivity contribution is 0.0944. The van der Waals surface area contributed by atoms with E-state index in [2.05, 4.69) is 10.3 Å². The molecule has 0 saturated heterocycles. The molecule has 15 heavy (non-hydrogen) atoms. The van der Waals surface area contributed by atoms with Crippen molar-refractivity contribution < 1.29 is 4.79 Å². The molecule has 0 unspecified atom stereocenters. The van der Waals surface area contributed by atoms with Gasteiger partial charge in [-0.05, 0) is 18.1 Å². The molecule has 1 heterocycles. The van der Waals surface area contributed by atoms with Crippen LogP contribution in [0.25, 0.3) is 0 Å². The van der Waals surface area contributed by atoms with Crippen molar-refractivity contribution in [3.63, 3.8) is 0 Å². The van der Waals surface area contributed by atoms with Crippen LogP contribution in [-0.2, 0) is 0 Å². The molecule has 0 fully saturated rings. The van der Waals surface area contributed by atoms with Crippen LogP contribution in [0, 0.1) is 17.2 Å². The first-order chi connectivity index (χ1) is 7.13. The second kappa shape index (κ2) is 5.11. The molecule has 1 N–H and O–H groups in total. The van der Waals surface area contributed by atoms with Crippen LogP contribution in [0.15, 0.2) is 18.3 Å². The van der Waals surface area contributed by atoms with E-state index in [-0.39, 0.29) is 11.6 Å². The monoisotopic (exact) mass is 203 g/mol. The number of carbonyl (C=O) groups is 1. The van der Waals surface area contributed by atoms with Crippen molar-refractivity contribution in [3.8, 4) is 6.07 Å². The van der Waals surface area contributed by atoms with Crippen LogP contribution in [0.5, 0.6) is 0 Å². The van der Waals surface area contributed by atoms with Gasteiger partial charge in [0.25, 0.3) is 5.91 Å². The summed E-state index contributed by atoms with van der Waals surface area (Å²) in [5.41, 5.74) is 0.731. The van der Waals surface area contributed by atoms with Gasteiger partial charge in [-0.2, -0.15) is 5.26 Å². The summed E-state index contributed by atoms with van der Waals surface area (Å²) in [6.45, 7) is 4.64. The van der Waals surface area contributed by atoms with Gasteiger partial charge in [0.05, 0.1) is 11.6 Å². The number of nitrogens with zero attached hydrogens (tertiary/aromatic N) is 2. The third-order valence-electron chi connectivity index (χ3n) is 1.79. The van der Waals surface area contributed by atoms with Crippen LogP contribution in [0.1, 0.15) is 29.9 Å². The van der Waals surface area contributed by atoms with E-state index in [1.165, 1.54) is 12.3 Å². The number of nitriles is 1. The molecule has 0 atom stereocenters. The molecule has 1 rings (SSSR count). The number of carbonyl (C=O) groups excluding carboxylic acids is 1. The van der Waals surface area contributed by atoms with Gasteiger partial charge >= 0.3 is 0 Å². The molecule has 0 saturated carbocycles. The van der Waals surface area contributed by atoms with Crippen LogP contribution in [0.4, 0.5) is 0 Å². The molecule has 0 aliphatic heterocycles. The summed E-state index contributed by atoms with van der Waals surface area (Å²) in [5.74, 6) is 0.161. The largest absolute Gasteiger partial charge is 0.350 e. The lowest BCUT2D eigenvalue weighted by atomic mass is 10.2. The molecule has 0 bridgehead atoms. The molecule has 78 valence electrons. The minimum absolute atomic E-state index is 0.235. The molecule has 0 aromatic carbocycles. The van der Waals surface area contributed by atoms with Crippen LogP contribution < -0.4 is 5.32 Å². The first-order valence-electron chi connectivity index (χ1n) is 4.78. The zero-order chi connectivity index (χ0) is 11.3. The molecule has 1 amide bonds. The SMILES string of the molecule is CC(C)CNC(=O)c1cc(C#N)ccn1. The van der Waals surface area contributed by atoms with Crippen molar-refractivity contribution in [2.45, 2.75) is 13.8 Å². The van der Waals surface area contributed by atoms with Gasteiger partial charge in [-0.15, -0.1) is 0 Å². The average molecular weight is 203 g/mol. The van der Waals surface area contributed by atoms with E-state index in [0.717, 1.165) is 0 Å². The number of aromatic nitrogens is 1. The number of pyridine rings is 1. The van der Waals surface area contributed by atoms with E-state index in [9.17, 15) is 4.79 Å². The molecule has 0 spiro atoms. The number of rotatable bonds is 3. The maximum atomic E-state index is 11.5. The standard InChI is InChI=1S/C11H13N3O/c1-8(2)7-14-11(15)10-5-9(6-12)3-4-13-10/h3-5,8H,7H2,1-2H3,(H,14,15). The molecule has 0 aliphatic rings. The molecular formula is C11H13N3O. The number of hydrogen-bond acceptors (Lipinski definition) is 3. The fourth-order valence-corrected chi connectivity index (χ4v) is 1.01. The highest BCUT2D eigenvalue weighted by Gasteiger charge is 2.07. The molecule has 1 aromatic rings. The Kier molecular flexibility index (Phi) is 3.81. The Morgan fingerprint density at radius 3 is 3.00 bits per heavy atom. The van der Waals surface area contributed by atoms with Crippen LogP contribution in [-0.4, -0.2) is 17.4 Å². The average Bonchev–Trinajstić information content (AvgIpc) is 2.26. The van der Waals surface area contributed by atoms with Crippen molar-refractivity contribution >= 4 is 5.91 Å². The van der Waals surface area contributed by atoms with Crippen molar-refractivity contribution in [2.75, 3.05) is 6.54 Å². The predicted molar refractivity (Wildman–Crippen MR) is 56.1 cm³/mol. The summed E-state index contributed by atoms with van der Waals surface area (Å²) in [6, 6.07) is 5.02. The van der Waals surface area contributed by atoms with Crippen LogP contribution in [0.3, 0.4) is 0 Å². The zero-order valence-corrected chi connectivity index (χ0v) is 8.82. The predicted octanol–water partition coefficient (Wildman–Crippen LogP) is 1.34. The fourth-order valence-electron chi connectivity index (χ4n) is 1.01. The molecule has 1 aromatic heterocycles. The van der Waals surface area contributed by atoms with E-state index >= 15 is 0 Å². The summed E-state index contributed by atoms with van der Waals surface area (Å²) in [5, 5.41) is 11.4. The number of nitrogens with one attached hydrogen (secondary N) is 1. The summed E-state index contributed by atoms with van der Waals surface area (Å²) in [6.07, 6.45) is 1.46. The molecular weight excluding hydrogens is 190 g/mol. The molecule has 4 nitrogen and oxygen atoms in total. The van der Waals surface area contributed by atoms with Gasteiger partial charge in [-0.25, -0.2) is 0 Å². The Morgan fingerprint density at radius 2 is 2.40 bits per heavy atom. The van der Waals surface area contributed by atoms with Gasteiger partial charge in [0, 0.05) is 12.7 Å². The zero-order valence-electron chi connectivity index (χ0n) is 8.82. The van der Waals surface area contributed by atoms with Gasteiger partial charge in [-0.1, -0.05) is 13.8 Å². The first-order valence-corrected chi connectivity index (χ1v) is 4.78. The van der Waals surface area contributed by atoms with E-state index in [1.54, 1.807) is 6.07 Å². The van der Waals surface area contributed by atoms with E-state index in [4.69, 9.17) is 5.26 Å². The Labute approximate surface area is 88.9 Å². The number of amides is 1. The second-order valence-corrected chi connectivity index (χ2v) is 3.65. The van der Waals surface area contributed by atoms with Gasteiger partial charge < -0.3 is 5.32 Å². The van der Waals surface area contributed by atoms with Crippen molar-refractivity contribution in [1.29, 1.82) is 5.26 Å².